The van der Waals surface area contributed by atoms with Crippen LogP contribution < -0.4 is 5.32 Å². The van der Waals surface area contributed by atoms with Crippen molar-refractivity contribution in [2.45, 2.75) is 26.4 Å². The van der Waals surface area contributed by atoms with E-state index >= 15 is 0 Å². The van der Waals surface area contributed by atoms with Crippen molar-refractivity contribution in [3.63, 3.8) is 0 Å². The van der Waals surface area contributed by atoms with Crippen LogP contribution in [0, 0.1) is 6.92 Å². The SMILES string of the molecule is Cc1nn(C)c(C(=O)NCCCOC(C)c2ccccc2)c1Br. The van der Waals surface area contributed by atoms with Crippen molar-refractivity contribution in [3.8, 4) is 0 Å². The number of carbonyl (C=O) groups excluding carboxylic acids is 1. The summed E-state index contributed by atoms with van der Waals surface area (Å²) in [4.78, 5) is 12.2. The molecule has 6 heteroatoms. The van der Waals surface area contributed by atoms with Crippen molar-refractivity contribution in [2.24, 2.45) is 7.05 Å². The van der Waals surface area contributed by atoms with Crippen LogP contribution in [0.25, 0.3) is 0 Å². The highest BCUT2D eigenvalue weighted by molar-refractivity contribution is 9.10. The summed E-state index contributed by atoms with van der Waals surface area (Å²) in [5, 5.41) is 7.11. The molecule has 2 aromatic rings. The molecule has 1 N–H and O–H groups in total. The van der Waals surface area contributed by atoms with Crippen LogP contribution in [0.15, 0.2) is 34.8 Å². The summed E-state index contributed by atoms with van der Waals surface area (Å²) in [7, 11) is 1.76. The van der Waals surface area contributed by atoms with Crippen LogP contribution in [0.4, 0.5) is 0 Å². The van der Waals surface area contributed by atoms with E-state index in [1.54, 1.807) is 11.7 Å². The van der Waals surface area contributed by atoms with Crippen LogP contribution in [0.2, 0.25) is 0 Å². The smallest absolute Gasteiger partial charge is 0.270 e. The molecule has 1 aromatic heterocycles. The van der Waals surface area contributed by atoms with Crippen LogP contribution in [-0.2, 0) is 11.8 Å². The molecule has 0 saturated heterocycles. The minimum Gasteiger partial charge on any atom is -0.374 e. The number of hydrogen-bond acceptors (Lipinski definition) is 3. The van der Waals surface area contributed by atoms with Gasteiger partial charge in [0.2, 0.25) is 0 Å². The van der Waals surface area contributed by atoms with E-state index in [2.05, 4.69) is 38.5 Å². The van der Waals surface area contributed by atoms with Crippen molar-refractivity contribution in [3.05, 3.63) is 51.8 Å². The molecule has 23 heavy (non-hydrogen) atoms. The Bertz CT molecular complexity index is 655. The number of rotatable bonds is 7. The van der Waals surface area contributed by atoms with Gasteiger partial charge in [-0.3, -0.25) is 9.48 Å². The van der Waals surface area contributed by atoms with Gasteiger partial charge in [-0.2, -0.15) is 5.10 Å². The minimum absolute atomic E-state index is 0.0563. The van der Waals surface area contributed by atoms with Crippen molar-refractivity contribution in [1.29, 1.82) is 0 Å². The van der Waals surface area contributed by atoms with Gasteiger partial charge in [-0.1, -0.05) is 30.3 Å². The second kappa shape index (κ2) is 8.26. The third-order valence-corrected chi connectivity index (χ3v) is 4.56. The molecular weight excluding hydrogens is 358 g/mol. The molecule has 1 amide bonds. The lowest BCUT2D eigenvalue weighted by Crippen LogP contribution is -2.27. The number of carbonyl (C=O) groups is 1. The second-order valence-electron chi connectivity index (χ2n) is 5.40. The van der Waals surface area contributed by atoms with Crippen molar-refractivity contribution in [1.82, 2.24) is 15.1 Å². The summed E-state index contributed by atoms with van der Waals surface area (Å²) in [6, 6.07) is 10.1. The zero-order valence-corrected chi connectivity index (χ0v) is 15.3. The van der Waals surface area contributed by atoms with Crippen molar-refractivity contribution in [2.75, 3.05) is 13.2 Å². The fourth-order valence-electron chi connectivity index (χ4n) is 2.32. The third kappa shape index (κ3) is 4.65. The molecule has 0 aliphatic rings. The average molecular weight is 380 g/mol. The molecular formula is C17H22BrN3O2. The lowest BCUT2D eigenvalue weighted by Gasteiger charge is -2.13. The molecule has 1 aromatic carbocycles. The van der Waals surface area contributed by atoms with E-state index in [0.29, 0.717) is 18.8 Å². The van der Waals surface area contributed by atoms with Crippen molar-refractivity contribution < 1.29 is 9.53 Å². The van der Waals surface area contributed by atoms with Crippen LogP contribution >= 0.6 is 15.9 Å². The van der Waals surface area contributed by atoms with Crippen LogP contribution in [0.3, 0.4) is 0 Å². The van der Waals surface area contributed by atoms with Crippen LogP contribution in [-0.4, -0.2) is 28.8 Å². The van der Waals surface area contributed by atoms with E-state index in [-0.39, 0.29) is 12.0 Å². The highest BCUT2D eigenvalue weighted by Gasteiger charge is 2.17. The molecule has 0 bridgehead atoms. The Balaban J connectivity index is 1.72. The number of aromatic nitrogens is 2. The zero-order valence-electron chi connectivity index (χ0n) is 13.7. The first-order chi connectivity index (χ1) is 11.0. The van der Waals surface area contributed by atoms with E-state index in [9.17, 15) is 4.79 Å². The quantitative estimate of drug-likeness (QED) is 0.750. The summed E-state index contributed by atoms with van der Waals surface area (Å²) < 4.78 is 8.12. The minimum atomic E-state index is -0.129. The van der Waals surface area contributed by atoms with E-state index < -0.39 is 0 Å². The lowest BCUT2D eigenvalue weighted by molar-refractivity contribution is 0.0634. The molecule has 0 aliphatic carbocycles. The molecule has 1 atom stereocenters. The molecule has 1 heterocycles. The Kier molecular flexibility index (Phi) is 6.36. The predicted molar refractivity (Wildman–Crippen MR) is 93.4 cm³/mol. The lowest BCUT2D eigenvalue weighted by atomic mass is 10.1. The first-order valence-electron chi connectivity index (χ1n) is 7.64. The first kappa shape index (κ1) is 17.7. The molecule has 124 valence electrons. The topological polar surface area (TPSA) is 56.2 Å². The Labute approximate surface area is 145 Å². The summed E-state index contributed by atoms with van der Waals surface area (Å²) in [5.41, 5.74) is 2.50. The van der Waals surface area contributed by atoms with Crippen LogP contribution in [0.5, 0.6) is 0 Å². The van der Waals surface area contributed by atoms with Gasteiger partial charge in [-0.25, -0.2) is 0 Å². The molecule has 0 spiro atoms. The predicted octanol–water partition coefficient (Wildman–Crippen LogP) is 3.39. The summed E-state index contributed by atoms with van der Waals surface area (Å²) in [6.45, 7) is 5.06. The molecule has 2 rings (SSSR count). The summed E-state index contributed by atoms with van der Waals surface area (Å²) >= 11 is 3.40. The fourth-order valence-corrected chi connectivity index (χ4v) is 2.83. The second-order valence-corrected chi connectivity index (χ2v) is 6.20. The highest BCUT2D eigenvalue weighted by Crippen LogP contribution is 2.20. The average Bonchev–Trinajstić information content (AvgIpc) is 2.80. The van der Waals surface area contributed by atoms with Gasteiger partial charge >= 0.3 is 0 Å². The van der Waals surface area contributed by atoms with E-state index in [1.807, 2.05) is 32.0 Å². The normalized spacial score (nSPS) is 12.2. The third-order valence-electron chi connectivity index (χ3n) is 3.61. The fraction of sp³-hybridized carbons (Fsp3) is 0.412. The first-order valence-corrected chi connectivity index (χ1v) is 8.44. The number of aryl methyl sites for hydroxylation is 2. The van der Waals surface area contributed by atoms with E-state index in [1.165, 1.54) is 0 Å². The van der Waals surface area contributed by atoms with Gasteiger partial charge in [-0.05, 0) is 41.8 Å². The standard InChI is InChI=1S/C17H22BrN3O2/c1-12-15(18)16(21(3)20-12)17(22)19-10-7-11-23-13(2)14-8-5-4-6-9-14/h4-6,8-9,13H,7,10-11H2,1-3H3,(H,19,22). The van der Waals surface area contributed by atoms with E-state index in [4.69, 9.17) is 4.74 Å². The maximum Gasteiger partial charge on any atom is 0.270 e. The molecule has 0 fully saturated rings. The molecule has 0 aliphatic heterocycles. The Morgan fingerprint density at radius 3 is 2.70 bits per heavy atom. The number of ether oxygens (including phenoxy) is 1. The number of nitrogens with zero attached hydrogens (tertiary/aromatic N) is 2. The van der Waals surface area contributed by atoms with Gasteiger partial charge in [0.15, 0.2) is 0 Å². The van der Waals surface area contributed by atoms with Gasteiger partial charge in [-0.15, -0.1) is 0 Å². The number of hydrogen-bond donors (Lipinski definition) is 1. The van der Waals surface area contributed by atoms with Crippen LogP contribution in [0.1, 0.15) is 41.2 Å². The Morgan fingerprint density at radius 2 is 2.09 bits per heavy atom. The van der Waals surface area contributed by atoms with Crippen molar-refractivity contribution >= 4 is 21.8 Å². The highest BCUT2D eigenvalue weighted by atomic mass is 79.9. The van der Waals surface area contributed by atoms with Gasteiger partial charge in [0.05, 0.1) is 16.3 Å². The molecule has 1 unspecified atom stereocenters. The molecule has 0 saturated carbocycles. The maximum absolute atomic E-state index is 12.2. The van der Waals surface area contributed by atoms with Gasteiger partial charge in [0, 0.05) is 20.2 Å². The van der Waals surface area contributed by atoms with Gasteiger partial charge < -0.3 is 10.1 Å². The van der Waals surface area contributed by atoms with Gasteiger partial charge in [0.25, 0.3) is 5.91 Å². The Hall–Kier alpha value is -1.66. The largest absolute Gasteiger partial charge is 0.374 e. The molecule has 5 nitrogen and oxygen atoms in total. The summed E-state index contributed by atoms with van der Waals surface area (Å²) in [5.74, 6) is -0.129. The number of amides is 1. The molecule has 0 radical (unpaired) electrons. The van der Waals surface area contributed by atoms with E-state index in [0.717, 1.165) is 22.2 Å². The summed E-state index contributed by atoms with van der Waals surface area (Å²) in [6.07, 6.45) is 0.818. The maximum atomic E-state index is 12.2. The Morgan fingerprint density at radius 1 is 1.39 bits per heavy atom. The van der Waals surface area contributed by atoms with Gasteiger partial charge in [0.1, 0.15) is 5.69 Å². The monoisotopic (exact) mass is 379 g/mol. The number of benzene rings is 1. The number of halogens is 1. The zero-order chi connectivity index (χ0) is 16.8. The number of nitrogens with one attached hydrogen (secondary N) is 1.